The van der Waals surface area contributed by atoms with Crippen LogP contribution in [0.5, 0.6) is 5.75 Å². The van der Waals surface area contributed by atoms with Crippen molar-refractivity contribution in [2.75, 3.05) is 26.5 Å². The fraction of sp³-hybridized carbons (Fsp3) is 0.522. The first-order valence-electron chi connectivity index (χ1n) is 10.4. The zero-order valence-corrected chi connectivity index (χ0v) is 18.7. The third-order valence-electron chi connectivity index (χ3n) is 5.85. The number of rotatable bonds is 6. The number of hydrogen-bond acceptors (Lipinski definition) is 6. The molecule has 6 nitrogen and oxygen atoms in total. The molecule has 2 aliphatic rings. The van der Waals surface area contributed by atoms with E-state index in [1.165, 1.54) is 13.8 Å². The van der Waals surface area contributed by atoms with Crippen LogP contribution in [0.15, 0.2) is 36.5 Å². The molecule has 1 aromatic carbocycles. The zero-order valence-electron chi connectivity index (χ0n) is 18.0. The van der Waals surface area contributed by atoms with Crippen molar-refractivity contribution in [2.24, 2.45) is 0 Å². The molecular formula is C23H28ClFN2O4. The largest absolute Gasteiger partial charge is 0.490 e. The zero-order chi connectivity index (χ0) is 22.2. The molecule has 3 heterocycles. The van der Waals surface area contributed by atoms with E-state index in [0.717, 1.165) is 11.1 Å². The van der Waals surface area contributed by atoms with E-state index in [0.29, 0.717) is 36.0 Å². The van der Waals surface area contributed by atoms with Gasteiger partial charge in [0.15, 0.2) is 0 Å². The monoisotopic (exact) mass is 450 g/mol. The molecule has 3 atom stereocenters. The second-order valence-corrected chi connectivity index (χ2v) is 9.20. The summed E-state index contributed by atoms with van der Waals surface area (Å²) in [6.45, 7) is 6.03. The predicted octanol–water partition coefficient (Wildman–Crippen LogP) is 4.14. The van der Waals surface area contributed by atoms with Crippen LogP contribution in [0, 0.1) is 6.92 Å². The minimum absolute atomic E-state index is 0.0287. The number of aliphatic hydroxyl groups is 1. The lowest BCUT2D eigenvalue weighted by atomic mass is 9.84. The fourth-order valence-corrected chi connectivity index (χ4v) is 4.49. The number of likely N-dealkylation sites (tertiary alicyclic amines) is 1. The minimum atomic E-state index is -1.41. The highest BCUT2D eigenvalue weighted by atomic mass is 35.5. The summed E-state index contributed by atoms with van der Waals surface area (Å²) in [6, 6.07) is 9.04. The van der Waals surface area contributed by atoms with Crippen molar-refractivity contribution in [1.82, 2.24) is 9.88 Å². The molecule has 1 N–H and O–H groups in total. The highest BCUT2D eigenvalue weighted by Gasteiger charge is 2.53. The Morgan fingerprint density at radius 2 is 2.23 bits per heavy atom. The Hall–Kier alpha value is -1.77. The van der Waals surface area contributed by atoms with Gasteiger partial charge >= 0.3 is 0 Å². The van der Waals surface area contributed by atoms with Gasteiger partial charge in [-0.25, -0.2) is 4.39 Å². The number of aryl methyl sites for hydroxylation is 1. The summed E-state index contributed by atoms with van der Waals surface area (Å²) in [4.78, 5) is 6.41. The van der Waals surface area contributed by atoms with Crippen molar-refractivity contribution < 1.29 is 23.7 Å². The molecule has 0 spiro atoms. The molecule has 8 heteroatoms. The molecule has 4 rings (SSSR count). The first-order valence-corrected chi connectivity index (χ1v) is 10.8. The maximum atomic E-state index is 13.7. The number of nitrogens with zero attached hydrogens (tertiary/aromatic N) is 2. The van der Waals surface area contributed by atoms with Crippen LogP contribution in [0.1, 0.15) is 43.3 Å². The first kappa shape index (κ1) is 22.4. The Morgan fingerprint density at radius 1 is 1.42 bits per heavy atom. The average molecular weight is 451 g/mol. The number of aliphatic hydroxyl groups excluding tert-OH is 1. The molecule has 0 radical (unpaired) electrons. The second-order valence-electron chi connectivity index (χ2n) is 8.79. The van der Waals surface area contributed by atoms with Crippen molar-refractivity contribution in [1.29, 1.82) is 0 Å². The third kappa shape index (κ3) is 4.56. The molecule has 2 fully saturated rings. The maximum Gasteiger partial charge on any atom is 0.148 e. The van der Waals surface area contributed by atoms with Crippen molar-refractivity contribution in [3.8, 4) is 5.75 Å². The molecule has 1 aromatic heterocycles. The van der Waals surface area contributed by atoms with Gasteiger partial charge in [0.25, 0.3) is 0 Å². The summed E-state index contributed by atoms with van der Waals surface area (Å²) in [6.07, 6.45) is 1.19. The Balaban J connectivity index is 1.48. The lowest BCUT2D eigenvalue weighted by Crippen LogP contribution is -2.53. The van der Waals surface area contributed by atoms with E-state index < -0.39 is 17.5 Å². The van der Waals surface area contributed by atoms with Gasteiger partial charge in [0.1, 0.15) is 42.8 Å². The van der Waals surface area contributed by atoms with Crippen LogP contribution < -0.4 is 4.74 Å². The summed E-state index contributed by atoms with van der Waals surface area (Å²) in [5, 5.41) is 11.6. The molecular weight excluding hydrogens is 423 g/mol. The van der Waals surface area contributed by atoms with E-state index in [1.807, 2.05) is 24.0 Å². The minimum Gasteiger partial charge on any atom is -0.490 e. The number of pyridine rings is 1. The quantitative estimate of drug-likeness (QED) is 0.713. The Morgan fingerprint density at radius 3 is 2.94 bits per heavy atom. The predicted molar refractivity (Wildman–Crippen MR) is 115 cm³/mol. The molecule has 0 aliphatic carbocycles. The third-order valence-corrected chi connectivity index (χ3v) is 6.15. The fourth-order valence-electron chi connectivity index (χ4n) is 4.21. The Bertz CT molecular complexity index is 938. The highest BCUT2D eigenvalue weighted by molar-refractivity contribution is 6.31. The number of aromatic nitrogens is 1. The molecule has 2 unspecified atom stereocenters. The number of piperidine rings is 1. The van der Waals surface area contributed by atoms with Gasteiger partial charge in [0.05, 0.1) is 10.7 Å². The highest BCUT2D eigenvalue weighted by Crippen LogP contribution is 2.45. The van der Waals surface area contributed by atoms with Gasteiger partial charge in [-0.1, -0.05) is 17.7 Å². The number of hydrogen-bond donors (Lipinski definition) is 1. The molecule has 2 aromatic rings. The molecule has 0 saturated carbocycles. The first-order chi connectivity index (χ1) is 14.7. The second kappa shape index (κ2) is 8.64. The standard InChI is InChI=1S/C23H28ClFN2O4/c1-15-11-16(6-7-18(15)29-13-22(2,3)25)21(28)27-10-8-23(19(12-27)30-14-31-23)20-17(24)5-4-9-26-20/h4-7,9,11,19,21,28H,8,10,12-14H2,1-3H3/t19?,21?,23-/m0/s1. The molecule has 2 aliphatic heterocycles. The number of fused-ring (bicyclic) bond motifs is 1. The lowest BCUT2D eigenvalue weighted by Gasteiger charge is -2.43. The number of ether oxygens (including phenoxy) is 3. The van der Waals surface area contributed by atoms with Crippen LogP contribution in [-0.2, 0) is 15.1 Å². The van der Waals surface area contributed by atoms with Gasteiger partial charge in [-0.05, 0) is 62.6 Å². The van der Waals surface area contributed by atoms with Crippen LogP contribution in [0.2, 0.25) is 5.02 Å². The van der Waals surface area contributed by atoms with Gasteiger partial charge in [0.2, 0.25) is 0 Å². The van der Waals surface area contributed by atoms with Crippen LogP contribution >= 0.6 is 11.6 Å². The van der Waals surface area contributed by atoms with Crippen molar-refractivity contribution in [2.45, 2.75) is 50.8 Å². The van der Waals surface area contributed by atoms with Crippen molar-refractivity contribution in [3.63, 3.8) is 0 Å². The van der Waals surface area contributed by atoms with E-state index in [-0.39, 0.29) is 19.5 Å². The summed E-state index contributed by atoms with van der Waals surface area (Å²) in [7, 11) is 0. The van der Waals surface area contributed by atoms with Crippen LogP contribution in [-0.4, -0.2) is 53.3 Å². The molecule has 0 bridgehead atoms. The van der Waals surface area contributed by atoms with Crippen LogP contribution in [0.3, 0.4) is 0 Å². The van der Waals surface area contributed by atoms with E-state index in [2.05, 4.69) is 4.98 Å². The number of benzene rings is 1. The summed E-state index contributed by atoms with van der Waals surface area (Å²) in [5.74, 6) is 0.608. The van der Waals surface area contributed by atoms with E-state index in [1.54, 1.807) is 24.4 Å². The smallest absolute Gasteiger partial charge is 0.148 e. The Kier molecular flexibility index (Phi) is 6.25. The topological polar surface area (TPSA) is 64.1 Å². The molecule has 31 heavy (non-hydrogen) atoms. The van der Waals surface area contributed by atoms with Gasteiger partial charge in [-0.15, -0.1) is 0 Å². The van der Waals surface area contributed by atoms with Gasteiger partial charge in [-0.3, -0.25) is 9.88 Å². The van der Waals surface area contributed by atoms with E-state index >= 15 is 0 Å². The van der Waals surface area contributed by atoms with Gasteiger partial charge in [-0.2, -0.15) is 0 Å². The SMILES string of the molecule is Cc1cc(C(O)N2CC[C@]3(c4ncccc4Cl)OCOC3C2)ccc1OCC(C)(C)F. The lowest BCUT2D eigenvalue weighted by molar-refractivity contribution is -0.0965. The number of alkyl halides is 1. The van der Waals surface area contributed by atoms with Crippen molar-refractivity contribution >= 4 is 11.6 Å². The summed E-state index contributed by atoms with van der Waals surface area (Å²) in [5.41, 5.74) is 0.146. The number of halogens is 2. The van der Waals surface area contributed by atoms with Gasteiger partial charge < -0.3 is 19.3 Å². The molecule has 0 amide bonds. The normalized spacial score (nSPS) is 25.3. The van der Waals surface area contributed by atoms with Crippen LogP contribution in [0.4, 0.5) is 4.39 Å². The van der Waals surface area contributed by atoms with E-state index in [9.17, 15) is 9.50 Å². The van der Waals surface area contributed by atoms with Crippen molar-refractivity contribution in [3.05, 3.63) is 58.4 Å². The summed E-state index contributed by atoms with van der Waals surface area (Å²) >= 11 is 6.40. The van der Waals surface area contributed by atoms with E-state index in [4.69, 9.17) is 25.8 Å². The Labute approximate surface area is 186 Å². The molecule has 2 saturated heterocycles. The average Bonchev–Trinajstić information content (AvgIpc) is 3.16. The van der Waals surface area contributed by atoms with Crippen LogP contribution in [0.25, 0.3) is 0 Å². The van der Waals surface area contributed by atoms with Gasteiger partial charge in [0, 0.05) is 19.3 Å². The maximum absolute atomic E-state index is 13.7. The molecule has 168 valence electrons. The summed E-state index contributed by atoms with van der Waals surface area (Å²) < 4.78 is 31.2.